The topological polar surface area (TPSA) is 0 Å². The molecule has 0 aliphatic rings. The van der Waals surface area contributed by atoms with E-state index in [0.29, 0.717) is 0 Å². The summed E-state index contributed by atoms with van der Waals surface area (Å²) in [5, 5.41) is 0. The molecule has 0 fully saturated rings. The van der Waals surface area contributed by atoms with Crippen LogP contribution in [0.5, 0.6) is 0 Å². The fourth-order valence-corrected chi connectivity index (χ4v) is 2.29. The van der Waals surface area contributed by atoms with Crippen molar-refractivity contribution >= 4 is 0 Å². The van der Waals surface area contributed by atoms with Crippen LogP contribution < -0.4 is 0 Å². The largest absolute Gasteiger partial charge is 0.100 e. The summed E-state index contributed by atoms with van der Waals surface area (Å²) >= 11 is 0. The van der Waals surface area contributed by atoms with Crippen molar-refractivity contribution in [2.24, 2.45) is 5.92 Å². The number of hydrogen-bond acceptors (Lipinski definition) is 0. The molecule has 1 unspecified atom stereocenters. The lowest BCUT2D eigenvalue weighted by molar-refractivity contribution is 0.534. The molecule has 0 radical (unpaired) electrons. The van der Waals surface area contributed by atoms with E-state index in [0.717, 1.165) is 12.3 Å². The van der Waals surface area contributed by atoms with Crippen LogP contribution in [0.3, 0.4) is 0 Å². The van der Waals surface area contributed by atoms with Crippen LogP contribution in [0, 0.1) is 5.92 Å². The first kappa shape index (κ1) is 32.9. The predicted molar refractivity (Wildman–Crippen MR) is 128 cm³/mol. The lowest BCUT2D eigenvalue weighted by Crippen LogP contribution is -1.99. The molecule has 26 heavy (non-hydrogen) atoms. The quantitative estimate of drug-likeness (QED) is 0.205. The molecular formula is C26H54. The molecule has 0 aliphatic carbocycles. The van der Waals surface area contributed by atoms with Crippen LogP contribution in [0.15, 0.2) is 36.0 Å². The third-order valence-electron chi connectivity index (χ3n) is 4.06. The van der Waals surface area contributed by atoms with Gasteiger partial charge in [0, 0.05) is 0 Å². The Hall–Kier alpha value is -0.780. The first-order valence-corrected chi connectivity index (χ1v) is 11.3. The van der Waals surface area contributed by atoms with Crippen LogP contribution >= 0.6 is 0 Å². The molecule has 0 heteroatoms. The summed E-state index contributed by atoms with van der Waals surface area (Å²) in [6.07, 6.45) is 14.2. The molecule has 0 aromatic heterocycles. The molecule has 0 aliphatic heterocycles. The molecule has 0 amide bonds. The van der Waals surface area contributed by atoms with Crippen molar-refractivity contribution in [1.82, 2.24) is 0 Å². The second kappa shape index (κ2) is 29.0. The smallest absolute Gasteiger partial charge is 0.0206 e. The Morgan fingerprint density at radius 2 is 1.19 bits per heavy atom. The predicted octanol–water partition coefficient (Wildman–Crippen LogP) is 10.3. The van der Waals surface area contributed by atoms with E-state index >= 15 is 0 Å². The van der Waals surface area contributed by atoms with Gasteiger partial charge in [0.05, 0.1) is 0 Å². The molecule has 0 aromatic carbocycles. The van der Waals surface area contributed by atoms with Gasteiger partial charge in [-0.1, -0.05) is 116 Å². The maximum Gasteiger partial charge on any atom is -0.0206 e. The van der Waals surface area contributed by atoms with Gasteiger partial charge in [0.1, 0.15) is 0 Å². The Labute approximate surface area is 169 Å². The maximum atomic E-state index is 3.90. The van der Waals surface area contributed by atoms with Crippen LogP contribution in [0.25, 0.3) is 0 Å². The van der Waals surface area contributed by atoms with Gasteiger partial charge in [-0.15, -0.1) is 6.58 Å². The summed E-state index contributed by atoms with van der Waals surface area (Å²) in [5.41, 5.74) is 3.92. The Morgan fingerprint density at radius 1 is 0.769 bits per heavy atom. The monoisotopic (exact) mass is 366 g/mol. The van der Waals surface area contributed by atoms with E-state index in [4.69, 9.17) is 0 Å². The summed E-state index contributed by atoms with van der Waals surface area (Å²) in [7, 11) is 0. The molecule has 0 saturated heterocycles. The lowest BCUT2D eigenvalue weighted by Gasteiger charge is -2.14. The van der Waals surface area contributed by atoms with Crippen molar-refractivity contribution in [3.63, 3.8) is 0 Å². The molecule has 0 bridgehead atoms. The standard InChI is InChI=1S/C12H22.C7H16.C5H10.C2H6/c1-6-8-12(7-2)11(5)9-10(3)4;1-3-5-7-6-4-2;1-4-5(2)3;1-2/h9,12H,3,6-8H2,1-2,4-5H3;3-7H2,1-2H3;2,4H2,1,3H3;1-2H3/b11-9+;;;. The Balaban J connectivity index is -0.000000147. The minimum absolute atomic E-state index is 0.770. The molecule has 0 aromatic rings. The van der Waals surface area contributed by atoms with Crippen molar-refractivity contribution in [2.45, 2.75) is 127 Å². The van der Waals surface area contributed by atoms with E-state index in [2.05, 4.69) is 67.7 Å². The van der Waals surface area contributed by atoms with Gasteiger partial charge in [-0.3, -0.25) is 0 Å². The van der Waals surface area contributed by atoms with Crippen molar-refractivity contribution in [1.29, 1.82) is 0 Å². The summed E-state index contributed by atoms with van der Waals surface area (Å²) in [6, 6.07) is 0. The number of rotatable bonds is 10. The number of unbranched alkanes of at least 4 members (excludes halogenated alkanes) is 4. The van der Waals surface area contributed by atoms with E-state index in [-0.39, 0.29) is 0 Å². The SMILES string of the molecule is C=C(C)/C=C(\C)C(CC)CCC.C=C(C)CC.CC.CCCCCCC. The normalized spacial score (nSPS) is 10.9. The summed E-state index contributed by atoms with van der Waals surface area (Å²) in [5.74, 6) is 0.770. The van der Waals surface area contributed by atoms with E-state index in [1.54, 1.807) is 0 Å². The molecule has 0 heterocycles. The van der Waals surface area contributed by atoms with E-state index < -0.39 is 0 Å². The first-order valence-electron chi connectivity index (χ1n) is 11.3. The molecule has 0 nitrogen and oxygen atoms in total. The zero-order valence-electron chi connectivity index (χ0n) is 20.4. The van der Waals surface area contributed by atoms with Crippen LogP contribution in [0.1, 0.15) is 127 Å². The molecule has 158 valence electrons. The number of allylic oxidation sites excluding steroid dienone is 4. The summed E-state index contributed by atoms with van der Waals surface area (Å²) in [6.45, 7) is 29.0. The van der Waals surface area contributed by atoms with Crippen LogP contribution in [0.2, 0.25) is 0 Å². The molecule has 0 spiro atoms. The minimum Gasteiger partial charge on any atom is -0.100 e. The van der Waals surface area contributed by atoms with E-state index in [1.807, 2.05) is 20.8 Å². The zero-order chi connectivity index (χ0) is 21.4. The summed E-state index contributed by atoms with van der Waals surface area (Å²) in [4.78, 5) is 0. The van der Waals surface area contributed by atoms with Crippen LogP contribution in [-0.4, -0.2) is 0 Å². The highest BCUT2D eigenvalue weighted by Crippen LogP contribution is 2.21. The minimum atomic E-state index is 0.770. The van der Waals surface area contributed by atoms with Crippen LogP contribution in [-0.2, 0) is 0 Å². The molecule has 1 atom stereocenters. The molecule has 0 N–H and O–H groups in total. The van der Waals surface area contributed by atoms with Gasteiger partial charge < -0.3 is 0 Å². The van der Waals surface area contributed by atoms with Gasteiger partial charge in [0.2, 0.25) is 0 Å². The Morgan fingerprint density at radius 3 is 1.42 bits per heavy atom. The van der Waals surface area contributed by atoms with Crippen molar-refractivity contribution in [3.8, 4) is 0 Å². The third-order valence-corrected chi connectivity index (χ3v) is 4.06. The van der Waals surface area contributed by atoms with Crippen molar-refractivity contribution in [2.75, 3.05) is 0 Å². The van der Waals surface area contributed by atoms with Crippen molar-refractivity contribution in [3.05, 3.63) is 36.0 Å². The Bertz CT molecular complexity index is 302. The van der Waals surface area contributed by atoms with E-state index in [9.17, 15) is 0 Å². The maximum absolute atomic E-state index is 3.90. The highest BCUT2D eigenvalue weighted by Gasteiger charge is 2.05. The van der Waals surface area contributed by atoms with Crippen molar-refractivity contribution < 1.29 is 0 Å². The summed E-state index contributed by atoms with van der Waals surface area (Å²) < 4.78 is 0. The van der Waals surface area contributed by atoms with Gasteiger partial charge in [0.25, 0.3) is 0 Å². The lowest BCUT2D eigenvalue weighted by atomic mass is 9.92. The number of hydrogen-bond donors (Lipinski definition) is 0. The third kappa shape index (κ3) is 34.5. The van der Waals surface area contributed by atoms with Gasteiger partial charge in [-0.2, -0.15) is 0 Å². The Kier molecular flexibility index (Phi) is 36.6. The van der Waals surface area contributed by atoms with Crippen LogP contribution in [0.4, 0.5) is 0 Å². The van der Waals surface area contributed by atoms with Gasteiger partial charge >= 0.3 is 0 Å². The average molecular weight is 367 g/mol. The zero-order valence-corrected chi connectivity index (χ0v) is 20.4. The molecular weight excluding hydrogens is 312 g/mol. The highest BCUT2D eigenvalue weighted by molar-refractivity contribution is 5.18. The molecule has 0 saturated carbocycles. The fraction of sp³-hybridized carbons (Fsp3) is 0.769. The van der Waals surface area contributed by atoms with Gasteiger partial charge in [-0.05, 0) is 46.0 Å². The fourth-order valence-electron chi connectivity index (χ4n) is 2.29. The second-order valence-electron chi connectivity index (χ2n) is 7.00. The molecule has 0 rings (SSSR count). The van der Waals surface area contributed by atoms with Gasteiger partial charge in [0.15, 0.2) is 0 Å². The highest BCUT2D eigenvalue weighted by atomic mass is 14.1. The second-order valence-corrected chi connectivity index (χ2v) is 7.00. The van der Waals surface area contributed by atoms with E-state index in [1.165, 1.54) is 68.1 Å². The average Bonchev–Trinajstić information content (AvgIpc) is 2.62. The van der Waals surface area contributed by atoms with Gasteiger partial charge in [-0.25, -0.2) is 0 Å². The first-order chi connectivity index (χ1) is 12.3.